The number of benzene rings is 1. The molecule has 1 heterocycles. The molecule has 0 saturated carbocycles. The van der Waals surface area contributed by atoms with Crippen LogP contribution in [0.4, 0.5) is 5.69 Å². The third-order valence-corrected chi connectivity index (χ3v) is 2.78. The van der Waals surface area contributed by atoms with E-state index in [2.05, 4.69) is 9.88 Å². The van der Waals surface area contributed by atoms with Gasteiger partial charge in [0.15, 0.2) is 0 Å². The number of nitrogens with two attached hydrogens (primary N) is 1. The van der Waals surface area contributed by atoms with Crippen molar-refractivity contribution in [3.8, 4) is 0 Å². The summed E-state index contributed by atoms with van der Waals surface area (Å²) in [6.45, 7) is 0.547. The molecule has 1 amide bonds. The Labute approximate surface area is 100 Å². The van der Waals surface area contributed by atoms with E-state index in [1.54, 1.807) is 0 Å². The van der Waals surface area contributed by atoms with Crippen molar-refractivity contribution in [3.05, 3.63) is 30.5 Å². The largest absolute Gasteiger partial charge is 0.351 e. The number of rotatable bonds is 4. The molecule has 3 N–H and O–H groups in total. The standard InChI is InChI=1S/C13H17N3O/c1-16-8-6-10-9-11(4-5-12(10)16)15-13(17)3-2-7-14/h4-6,8-9H,2-3,7,14H2,1H3,(H,15,17). The Kier molecular flexibility index (Phi) is 3.44. The zero-order valence-electron chi connectivity index (χ0n) is 9.94. The Morgan fingerprint density at radius 1 is 1.41 bits per heavy atom. The van der Waals surface area contributed by atoms with Crippen LogP contribution < -0.4 is 11.1 Å². The molecule has 0 radical (unpaired) electrons. The lowest BCUT2D eigenvalue weighted by atomic mass is 10.2. The van der Waals surface area contributed by atoms with E-state index in [4.69, 9.17) is 5.73 Å². The lowest BCUT2D eigenvalue weighted by Gasteiger charge is -2.05. The van der Waals surface area contributed by atoms with Crippen LogP contribution in [0.1, 0.15) is 12.8 Å². The third kappa shape index (κ3) is 2.65. The summed E-state index contributed by atoms with van der Waals surface area (Å²) in [5.74, 6) is 0.0192. The van der Waals surface area contributed by atoms with Gasteiger partial charge in [-0.25, -0.2) is 0 Å². The predicted octanol–water partition coefficient (Wildman–Crippen LogP) is 1.86. The fourth-order valence-electron chi connectivity index (χ4n) is 1.85. The number of hydrogen-bond donors (Lipinski definition) is 2. The SMILES string of the molecule is Cn1ccc2cc(NC(=O)CCCN)ccc21. The second kappa shape index (κ2) is 5.01. The molecule has 0 aliphatic rings. The van der Waals surface area contributed by atoms with Gasteiger partial charge in [-0.15, -0.1) is 0 Å². The number of aryl methyl sites for hydroxylation is 1. The summed E-state index contributed by atoms with van der Waals surface area (Å²) in [4.78, 5) is 11.5. The van der Waals surface area contributed by atoms with Crippen molar-refractivity contribution in [3.63, 3.8) is 0 Å². The Morgan fingerprint density at radius 2 is 2.24 bits per heavy atom. The zero-order chi connectivity index (χ0) is 12.3. The minimum Gasteiger partial charge on any atom is -0.351 e. The zero-order valence-corrected chi connectivity index (χ0v) is 9.94. The number of carbonyl (C=O) groups is 1. The maximum atomic E-state index is 11.5. The van der Waals surface area contributed by atoms with Gasteiger partial charge in [-0.05, 0) is 37.2 Å². The molecule has 0 fully saturated rings. The molecule has 4 heteroatoms. The molecule has 0 unspecified atom stereocenters. The maximum absolute atomic E-state index is 11.5. The molecule has 90 valence electrons. The predicted molar refractivity (Wildman–Crippen MR) is 69.8 cm³/mol. The first-order valence-electron chi connectivity index (χ1n) is 5.75. The third-order valence-electron chi connectivity index (χ3n) is 2.78. The van der Waals surface area contributed by atoms with Gasteiger partial charge >= 0.3 is 0 Å². The summed E-state index contributed by atoms with van der Waals surface area (Å²) in [6.07, 6.45) is 3.20. The van der Waals surface area contributed by atoms with Gasteiger partial charge in [-0.1, -0.05) is 0 Å². The number of fused-ring (bicyclic) bond motifs is 1. The normalized spacial score (nSPS) is 10.7. The van der Waals surface area contributed by atoms with Gasteiger partial charge in [0.2, 0.25) is 5.91 Å². The van der Waals surface area contributed by atoms with Gasteiger partial charge < -0.3 is 15.6 Å². The van der Waals surface area contributed by atoms with Crippen LogP contribution in [-0.4, -0.2) is 17.0 Å². The molecule has 2 aromatic rings. The van der Waals surface area contributed by atoms with Gasteiger partial charge in [-0.3, -0.25) is 4.79 Å². The van der Waals surface area contributed by atoms with E-state index < -0.39 is 0 Å². The average Bonchev–Trinajstić information content (AvgIpc) is 2.68. The molecule has 0 spiro atoms. The van der Waals surface area contributed by atoms with Crippen molar-refractivity contribution >= 4 is 22.5 Å². The number of amides is 1. The van der Waals surface area contributed by atoms with E-state index >= 15 is 0 Å². The van der Waals surface area contributed by atoms with Crippen molar-refractivity contribution in [1.29, 1.82) is 0 Å². The summed E-state index contributed by atoms with van der Waals surface area (Å²) in [6, 6.07) is 7.94. The molecule has 17 heavy (non-hydrogen) atoms. The molecule has 4 nitrogen and oxygen atoms in total. The molecule has 0 aliphatic carbocycles. The van der Waals surface area contributed by atoms with Gasteiger partial charge in [0, 0.05) is 36.3 Å². The lowest BCUT2D eigenvalue weighted by Crippen LogP contribution is -2.13. The van der Waals surface area contributed by atoms with Crippen LogP contribution in [0.3, 0.4) is 0 Å². The first kappa shape index (κ1) is 11.7. The van der Waals surface area contributed by atoms with Crippen LogP contribution in [0.5, 0.6) is 0 Å². The van der Waals surface area contributed by atoms with Crippen LogP contribution in [0.15, 0.2) is 30.5 Å². The molecule has 1 aromatic carbocycles. The van der Waals surface area contributed by atoms with Crippen molar-refractivity contribution in [2.24, 2.45) is 12.8 Å². The molecular weight excluding hydrogens is 214 g/mol. The van der Waals surface area contributed by atoms with Gasteiger partial charge in [0.25, 0.3) is 0 Å². The van der Waals surface area contributed by atoms with Crippen LogP contribution >= 0.6 is 0 Å². The van der Waals surface area contributed by atoms with Crippen LogP contribution in [0.2, 0.25) is 0 Å². The lowest BCUT2D eigenvalue weighted by molar-refractivity contribution is -0.116. The Morgan fingerprint density at radius 3 is 3.00 bits per heavy atom. The van der Waals surface area contributed by atoms with Crippen molar-refractivity contribution in [2.45, 2.75) is 12.8 Å². The smallest absolute Gasteiger partial charge is 0.224 e. The summed E-state index contributed by atoms with van der Waals surface area (Å²) >= 11 is 0. The molecule has 0 aliphatic heterocycles. The van der Waals surface area contributed by atoms with Crippen molar-refractivity contribution < 1.29 is 4.79 Å². The second-order valence-corrected chi connectivity index (χ2v) is 4.14. The number of carbonyl (C=O) groups excluding carboxylic acids is 1. The molecular formula is C13H17N3O. The Bertz CT molecular complexity index is 530. The Hall–Kier alpha value is -1.81. The van der Waals surface area contributed by atoms with E-state index in [9.17, 15) is 4.79 Å². The van der Waals surface area contributed by atoms with E-state index in [0.717, 1.165) is 23.0 Å². The first-order valence-corrected chi connectivity index (χ1v) is 5.75. The summed E-state index contributed by atoms with van der Waals surface area (Å²) in [5, 5.41) is 4.00. The topological polar surface area (TPSA) is 60.0 Å². The number of aromatic nitrogens is 1. The molecule has 1 aromatic heterocycles. The second-order valence-electron chi connectivity index (χ2n) is 4.14. The summed E-state index contributed by atoms with van der Waals surface area (Å²) < 4.78 is 2.05. The number of nitrogens with zero attached hydrogens (tertiary/aromatic N) is 1. The highest BCUT2D eigenvalue weighted by atomic mass is 16.1. The highest BCUT2D eigenvalue weighted by Crippen LogP contribution is 2.19. The highest BCUT2D eigenvalue weighted by molar-refractivity contribution is 5.93. The maximum Gasteiger partial charge on any atom is 0.224 e. The number of anilines is 1. The van der Waals surface area contributed by atoms with Gasteiger partial charge in [-0.2, -0.15) is 0 Å². The number of nitrogens with one attached hydrogen (secondary N) is 1. The fraction of sp³-hybridized carbons (Fsp3) is 0.308. The molecule has 0 atom stereocenters. The number of hydrogen-bond acceptors (Lipinski definition) is 2. The molecule has 0 bridgehead atoms. The average molecular weight is 231 g/mol. The first-order chi connectivity index (χ1) is 8.20. The highest BCUT2D eigenvalue weighted by Gasteiger charge is 2.03. The minimum absolute atomic E-state index is 0.0192. The van der Waals surface area contributed by atoms with Crippen LogP contribution in [0, 0.1) is 0 Å². The van der Waals surface area contributed by atoms with Crippen molar-refractivity contribution in [2.75, 3.05) is 11.9 Å². The van der Waals surface area contributed by atoms with E-state index in [-0.39, 0.29) is 5.91 Å². The van der Waals surface area contributed by atoms with Crippen LogP contribution in [0.25, 0.3) is 10.9 Å². The van der Waals surface area contributed by atoms with E-state index in [1.165, 1.54) is 0 Å². The van der Waals surface area contributed by atoms with Gasteiger partial charge in [0.05, 0.1) is 0 Å². The van der Waals surface area contributed by atoms with Gasteiger partial charge in [0.1, 0.15) is 0 Å². The van der Waals surface area contributed by atoms with Crippen LogP contribution in [-0.2, 0) is 11.8 Å². The minimum atomic E-state index is 0.0192. The summed E-state index contributed by atoms with van der Waals surface area (Å²) in [7, 11) is 2.00. The fourth-order valence-corrected chi connectivity index (χ4v) is 1.85. The van der Waals surface area contributed by atoms with E-state index in [0.29, 0.717) is 13.0 Å². The van der Waals surface area contributed by atoms with E-state index in [1.807, 2.05) is 37.5 Å². The van der Waals surface area contributed by atoms with Crippen molar-refractivity contribution in [1.82, 2.24) is 4.57 Å². The molecule has 0 saturated heterocycles. The Balaban J connectivity index is 2.11. The monoisotopic (exact) mass is 231 g/mol. The summed E-state index contributed by atoms with van der Waals surface area (Å²) in [5.41, 5.74) is 7.36. The molecule has 2 rings (SSSR count). The quantitative estimate of drug-likeness (QED) is 0.843.